The van der Waals surface area contributed by atoms with E-state index in [1.807, 2.05) is 28.9 Å². The zero-order valence-electron chi connectivity index (χ0n) is 11.3. The Bertz CT molecular complexity index is 525. The molecule has 0 saturated heterocycles. The molecule has 2 aromatic rings. The fourth-order valence-corrected chi connectivity index (χ4v) is 2.71. The summed E-state index contributed by atoms with van der Waals surface area (Å²) in [5, 5.41) is 13.4. The van der Waals surface area contributed by atoms with Crippen LogP contribution in [0.25, 0.3) is 0 Å². The highest BCUT2D eigenvalue weighted by atomic mass is 32.2. The first kappa shape index (κ1) is 14.1. The Hall–Kier alpha value is -1.33. The highest BCUT2D eigenvalue weighted by molar-refractivity contribution is 7.98. The molecule has 1 N–H and O–H groups in total. The van der Waals surface area contributed by atoms with Crippen molar-refractivity contribution in [3.05, 3.63) is 42.0 Å². The van der Waals surface area contributed by atoms with Gasteiger partial charge >= 0.3 is 0 Å². The van der Waals surface area contributed by atoms with Crippen LogP contribution < -0.4 is 0 Å². The normalized spacial score (nSPS) is 11.2. The van der Waals surface area contributed by atoms with Crippen molar-refractivity contribution >= 4 is 11.8 Å². The second-order valence-corrected chi connectivity index (χ2v) is 5.90. The topological polar surface area (TPSA) is 50.9 Å². The molecule has 1 aromatic carbocycles. The molecule has 0 unspecified atom stereocenters. The third kappa shape index (κ3) is 4.08. The lowest BCUT2D eigenvalue weighted by Crippen LogP contribution is -2.09. The predicted octanol–water partition coefficient (Wildman–Crippen LogP) is 2.72. The van der Waals surface area contributed by atoms with E-state index in [9.17, 15) is 0 Å². The summed E-state index contributed by atoms with van der Waals surface area (Å²) in [4.78, 5) is 5.45. The van der Waals surface area contributed by atoms with Crippen LogP contribution in [0.2, 0.25) is 0 Å². The molecule has 0 saturated carbocycles. The van der Waals surface area contributed by atoms with Crippen molar-refractivity contribution < 1.29 is 5.11 Å². The fourth-order valence-electron chi connectivity index (χ4n) is 1.78. The van der Waals surface area contributed by atoms with Crippen molar-refractivity contribution in [1.29, 1.82) is 0 Å². The molecule has 19 heavy (non-hydrogen) atoms. The lowest BCUT2D eigenvalue weighted by molar-refractivity contribution is 0.281. The molecule has 1 aromatic heterocycles. The Labute approximate surface area is 117 Å². The van der Waals surface area contributed by atoms with E-state index in [0.717, 1.165) is 28.6 Å². The van der Waals surface area contributed by atoms with Crippen LogP contribution >= 0.6 is 11.8 Å². The van der Waals surface area contributed by atoms with E-state index in [0.29, 0.717) is 5.92 Å². The Morgan fingerprint density at radius 3 is 2.95 bits per heavy atom. The molecule has 4 nitrogen and oxygen atoms in total. The Morgan fingerprint density at radius 1 is 1.37 bits per heavy atom. The number of benzene rings is 1. The third-order valence-electron chi connectivity index (χ3n) is 2.68. The molecular formula is C14H19N3OS. The number of rotatable bonds is 6. The minimum absolute atomic E-state index is 0.0813. The van der Waals surface area contributed by atoms with Crippen molar-refractivity contribution in [3.8, 4) is 0 Å². The molecule has 1 heterocycles. The highest BCUT2D eigenvalue weighted by Gasteiger charge is 2.07. The SMILES string of the molecule is CC(C)Cn1ncnc1CSc1cccc(CO)c1. The molecule has 0 spiro atoms. The monoisotopic (exact) mass is 277 g/mol. The largest absolute Gasteiger partial charge is 0.392 e. The van der Waals surface area contributed by atoms with Gasteiger partial charge in [-0.05, 0) is 23.6 Å². The quantitative estimate of drug-likeness (QED) is 0.825. The Kier molecular flexibility index (Phi) is 4.99. The zero-order valence-corrected chi connectivity index (χ0v) is 12.1. The van der Waals surface area contributed by atoms with Crippen LogP contribution in [0.3, 0.4) is 0 Å². The summed E-state index contributed by atoms with van der Waals surface area (Å²) in [7, 11) is 0. The van der Waals surface area contributed by atoms with E-state index >= 15 is 0 Å². The Morgan fingerprint density at radius 2 is 2.21 bits per heavy atom. The standard InChI is InChI=1S/C14H19N3OS/c1-11(2)7-17-14(15-10-16-17)9-19-13-5-3-4-12(6-13)8-18/h3-6,10-11,18H,7-9H2,1-2H3. The van der Waals surface area contributed by atoms with Gasteiger partial charge in [0.05, 0.1) is 12.4 Å². The van der Waals surface area contributed by atoms with Gasteiger partial charge in [-0.1, -0.05) is 26.0 Å². The number of aliphatic hydroxyl groups excluding tert-OH is 1. The van der Waals surface area contributed by atoms with Gasteiger partial charge < -0.3 is 5.11 Å². The average molecular weight is 277 g/mol. The second kappa shape index (κ2) is 6.73. The molecule has 0 amide bonds. The minimum atomic E-state index is 0.0813. The van der Waals surface area contributed by atoms with E-state index in [1.54, 1.807) is 18.1 Å². The van der Waals surface area contributed by atoms with Crippen molar-refractivity contribution in [2.24, 2.45) is 5.92 Å². The summed E-state index contributed by atoms with van der Waals surface area (Å²) in [6.07, 6.45) is 1.61. The molecule has 102 valence electrons. The van der Waals surface area contributed by atoms with Gasteiger partial charge in [0.15, 0.2) is 0 Å². The fraction of sp³-hybridized carbons (Fsp3) is 0.429. The molecule has 0 atom stereocenters. The minimum Gasteiger partial charge on any atom is -0.392 e. The Balaban J connectivity index is 2.00. The molecule has 5 heteroatoms. The van der Waals surface area contributed by atoms with E-state index in [4.69, 9.17) is 5.11 Å². The van der Waals surface area contributed by atoms with E-state index in [-0.39, 0.29) is 6.61 Å². The van der Waals surface area contributed by atoms with Gasteiger partial charge in [-0.25, -0.2) is 9.67 Å². The van der Waals surface area contributed by atoms with Gasteiger partial charge in [-0.15, -0.1) is 11.8 Å². The van der Waals surface area contributed by atoms with Crippen LogP contribution in [0.4, 0.5) is 0 Å². The van der Waals surface area contributed by atoms with Crippen molar-refractivity contribution in [2.75, 3.05) is 0 Å². The lowest BCUT2D eigenvalue weighted by Gasteiger charge is -2.08. The number of thioether (sulfide) groups is 1. The first-order valence-electron chi connectivity index (χ1n) is 6.38. The van der Waals surface area contributed by atoms with Crippen LogP contribution in [-0.2, 0) is 18.9 Å². The third-order valence-corrected chi connectivity index (χ3v) is 3.67. The molecular weight excluding hydrogens is 258 g/mol. The van der Waals surface area contributed by atoms with E-state index in [2.05, 4.69) is 23.9 Å². The van der Waals surface area contributed by atoms with Gasteiger partial charge in [0, 0.05) is 11.4 Å². The maximum Gasteiger partial charge on any atom is 0.138 e. The van der Waals surface area contributed by atoms with E-state index in [1.165, 1.54) is 0 Å². The number of nitrogens with zero attached hydrogens (tertiary/aromatic N) is 3. The first-order chi connectivity index (χ1) is 9.19. The summed E-state index contributed by atoms with van der Waals surface area (Å²) in [5.74, 6) is 2.35. The van der Waals surface area contributed by atoms with Crippen LogP contribution in [0, 0.1) is 5.92 Å². The van der Waals surface area contributed by atoms with Crippen LogP contribution in [0.1, 0.15) is 25.2 Å². The van der Waals surface area contributed by atoms with Gasteiger partial charge in [0.2, 0.25) is 0 Å². The number of hydrogen-bond acceptors (Lipinski definition) is 4. The maximum atomic E-state index is 9.12. The summed E-state index contributed by atoms with van der Waals surface area (Å²) in [5.41, 5.74) is 0.939. The number of aliphatic hydroxyl groups is 1. The lowest BCUT2D eigenvalue weighted by atomic mass is 10.2. The summed E-state index contributed by atoms with van der Waals surface area (Å²) >= 11 is 1.71. The molecule has 0 fully saturated rings. The molecule has 0 radical (unpaired) electrons. The van der Waals surface area contributed by atoms with Crippen LogP contribution in [0.5, 0.6) is 0 Å². The van der Waals surface area contributed by atoms with Crippen LogP contribution in [-0.4, -0.2) is 19.9 Å². The van der Waals surface area contributed by atoms with Gasteiger partial charge in [0.25, 0.3) is 0 Å². The predicted molar refractivity (Wildman–Crippen MR) is 76.8 cm³/mol. The summed E-state index contributed by atoms with van der Waals surface area (Å²) < 4.78 is 1.97. The first-order valence-corrected chi connectivity index (χ1v) is 7.37. The number of aromatic nitrogens is 3. The number of hydrogen-bond donors (Lipinski definition) is 1. The molecule has 0 aliphatic carbocycles. The smallest absolute Gasteiger partial charge is 0.138 e. The zero-order chi connectivity index (χ0) is 13.7. The van der Waals surface area contributed by atoms with Crippen molar-refractivity contribution in [3.63, 3.8) is 0 Å². The maximum absolute atomic E-state index is 9.12. The summed E-state index contributed by atoms with van der Waals surface area (Å²) in [6, 6.07) is 7.94. The molecule has 0 aliphatic rings. The van der Waals surface area contributed by atoms with Crippen molar-refractivity contribution in [1.82, 2.24) is 14.8 Å². The summed E-state index contributed by atoms with van der Waals surface area (Å²) in [6.45, 7) is 5.32. The highest BCUT2D eigenvalue weighted by Crippen LogP contribution is 2.23. The van der Waals surface area contributed by atoms with Gasteiger partial charge in [-0.2, -0.15) is 5.10 Å². The second-order valence-electron chi connectivity index (χ2n) is 4.85. The molecule has 0 aliphatic heterocycles. The molecule has 2 rings (SSSR count). The van der Waals surface area contributed by atoms with Crippen molar-refractivity contribution in [2.45, 2.75) is 37.6 Å². The van der Waals surface area contributed by atoms with Gasteiger partial charge in [-0.3, -0.25) is 0 Å². The van der Waals surface area contributed by atoms with Gasteiger partial charge in [0.1, 0.15) is 12.2 Å². The average Bonchev–Trinajstić information content (AvgIpc) is 2.83. The van der Waals surface area contributed by atoms with E-state index < -0.39 is 0 Å². The van der Waals surface area contributed by atoms with Crippen LogP contribution in [0.15, 0.2) is 35.5 Å². The molecule has 0 bridgehead atoms.